The molecule has 160 valence electrons. The Hall–Kier alpha value is -0.920. The first-order valence-electron chi connectivity index (χ1n) is 10.3. The van der Waals surface area contributed by atoms with E-state index >= 15 is 0 Å². The van der Waals surface area contributed by atoms with E-state index in [1.165, 1.54) is 0 Å². The molecule has 1 aliphatic rings. The van der Waals surface area contributed by atoms with Crippen molar-refractivity contribution in [1.82, 2.24) is 4.90 Å². The normalized spacial score (nSPS) is 22.6. The van der Waals surface area contributed by atoms with Crippen LogP contribution in [0.5, 0.6) is 0 Å². The number of allylic oxidation sites excluding steroid dienone is 1. The van der Waals surface area contributed by atoms with E-state index in [0.717, 1.165) is 17.3 Å². The van der Waals surface area contributed by atoms with Gasteiger partial charge in [0.15, 0.2) is 0 Å². The summed E-state index contributed by atoms with van der Waals surface area (Å²) in [5.74, 6) is -0.00974. The highest BCUT2D eigenvalue weighted by molar-refractivity contribution is 14.1. The van der Waals surface area contributed by atoms with Crippen molar-refractivity contribution in [3.8, 4) is 0 Å². The first-order valence-corrected chi connectivity index (χ1v) is 11.8. The molecule has 3 unspecified atom stereocenters. The molecule has 1 fully saturated rings. The molecular formula is C22H36INO4. The summed E-state index contributed by atoms with van der Waals surface area (Å²) in [5, 5.41) is 0. The number of nitrogens with zero attached hydrogens (tertiary/aromatic N) is 1. The molecule has 1 amide bonds. The molecule has 0 saturated heterocycles. The maximum Gasteiger partial charge on any atom is 0.410 e. The Balaban J connectivity index is 2.65. The van der Waals surface area contributed by atoms with Gasteiger partial charge in [0.25, 0.3) is 0 Å². The monoisotopic (exact) mass is 505 g/mol. The van der Waals surface area contributed by atoms with Crippen LogP contribution in [0, 0.1) is 17.8 Å². The van der Waals surface area contributed by atoms with Crippen molar-refractivity contribution in [2.45, 2.75) is 71.8 Å². The molecule has 0 aromatic carbocycles. The molecule has 0 N–H and O–H groups in total. The van der Waals surface area contributed by atoms with Gasteiger partial charge in [-0.05, 0) is 58.3 Å². The van der Waals surface area contributed by atoms with Gasteiger partial charge in [-0.2, -0.15) is 0 Å². The Labute approximate surface area is 183 Å². The third-order valence-corrected chi connectivity index (χ3v) is 5.72. The summed E-state index contributed by atoms with van der Waals surface area (Å²) >= 11 is 2.29. The fourth-order valence-corrected chi connectivity index (χ4v) is 4.17. The molecule has 0 aromatic rings. The summed E-state index contributed by atoms with van der Waals surface area (Å²) in [6.45, 7) is 12.5. The molecule has 0 aliphatic heterocycles. The minimum atomic E-state index is -0.543. The van der Waals surface area contributed by atoms with Crippen LogP contribution in [0.3, 0.4) is 0 Å². The topological polar surface area (TPSA) is 63.7 Å². The Morgan fingerprint density at radius 2 is 1.93 bits per heavy atom. The standard InChI is InChI=1S/C22H36INO4/c1-6-9-17-14-16(2)15-19(26)20(17)18(25)10-7-12-24(13-8-11-23)21(27)28-22(3,4)5/h6,16-17,20H,1,7-15H2,2-5H3. The number of Topliss-reactive ketones (excluding diaryl/α,β-unsaturated/α-hetero) is 2. The average Bonchev–Trinajstić information content (AvgIpc) is 2.55. The minimum Gasteiger partial charge on any atom is -0.444 e. The summed E-state index contributed by atoms with van der Waals surface area (Å²) in [5.41, 5.74) is -0.543. The van der Waals surface area contributed by atoms with Crippen molar-refractivity contribution >= 4 is 40.3 Å². The third-order valence-electron chi connectivity index (χ3n) is 4.95. The van der Waals surface area contributed by atoms with E-state index in [1.54, 1.807) is 4.90 Å². The fraction of sp³-hybridized carbons (Fsp3) is 0.773. The second kappa shape index (κ2) is 11.9. The van der Waals surface area contributed by atoms with E-state index in [4.69, 9.17) is 4.74 Å². The number of carbonyl (C=O) groups is 3. The summed E-state index contributed by atoms with van der Waals surface area (Å²) < 4.78 is 6.44. The van der Waals surface area contributed by atoms with Crippen molar-refractivity contribution in [3.63, 3.8) is 0 Å². The van der Waals surface area contributed by atoms with Crippen LogP contribution < -0.4 is 0 Å². The molecule has 3 atom stereocenters. The second-order valence-corrected chi connectivity index (χ2v) is 9.93. The second-order valence-electron chi connectivity index (χ2n) is 8.85. The van der Waals surface area contributed by atoms with Gasteiger partial charge >= 0.3 is 6.09 Å². The number of halogens is 1. The van der Waals surface area contributed by atoms with Crippen LogP contribution in [0.25, 0.3) is 0 Å². The Kier molecular flexibility index (Phi) is 10.7. The highest BCUT2D eigenvalue weighted by Gasteiger charge is 2.38. The lowest BCUT2D eigenvalue weighted by molar-refractivity contribution is -0.138. The van der Waals surface area contributed by atoms with Crippen LogP contribution in [0.2, 0.25) is 0 Å². The number of hydrogen-bond donors (Lipinski definition) is 0. The minimum absolute atomic E-state index is 0.0155. The molecular weight excluding hydrogens is 469 g/mol. The van der Waals surface area contributed by atoms with Gasteiger partial charge in [-0.25, -0.2) is 4.79 Å². The van der Waals surface area contributed by atoms with E-state index in [1.807, 2.05) is 26.8 Å². The number of carbonyl (C=O) groups excluding carboxylic acids is 3. The zero-order valence-electron chi connectivity index (χ0n) is 17.8. The predicted octanol–water partition coefficient (Wildman–Crippen LogP) is 5.21. The molecule has 1 rings (SSSR count). The predicted molar refractivity (Wildman–Crippen MR) is 121 cm³/mol. The lowest BCUT2D eigenvalue weighted by atomic mass is 9.70. The number of ether oxygens (including phenoxy) is 1. The van der Waals surface area contributed by atoms with Gasteiger partial charge in [0.05, 0.1) is 5.92 Å². The summed E-state index contributed by atoms with van der Waals surface area (Å²) in [6, 6.07) is 0. The molecule has 0 heterocycles. The van der Waals surface area contributed by atoms with Crippen LogP contribution in [0.4, 0.5) is 4.79 Å². The van der Waals surface area contributed by atoms with E-state index in [0.29, 0.717) is 44.7 Å². The van der Waals surface area contributed by atoms with Crippen LogP contribution in [-0.4, -0.2) is 45.7 Å². The molecule has 1 saturated carbocycles. The van der Waals surface area contributed by atoms with Crippen LogP contribution >= 0.6 is 22.6 Å². The van der Waals surface area contributed by atoms with Crippen molar-refractivity contribution in [3.05, 3.63) is 12.7 Å². The summed E-state index contributed by atoms with van der Waals surface area (Å²) in [6.07, 6.45) is 5.32. The summed E-state index contributed by atoms with van der Waals surface area (Å²) in [7, 11) is 0. The Morgan fingerprint density at radius 3 is 2.50 bits per heavy atom. The fourth-order valence-electron chi connectivity index (χ4n) is 3.83. The van der Waals surface area contributed by atoms with Gasteiger partial charge in [-0.3, -0.25) is 9.59 Å². The molecule has 0 bridgehead atoms. The maximum absolute atomic E-state index is 12.8. The highest BCUT2D eigenvalue weighted by Crippen LogP contribution is 2.35. The zero-order valence-corrected chi connectivity index (χ0v) is 20.0. The number of alkyl halides is 1. The van der Waals surface area contributed by atoms with Crippen LogP contribution in [-0.2, 0) is 14.3 Å². The van der Waals surface area contributed by atoms with Gasteiger partial charge in [-0.15, -0.1) is 6.58 Å². The summed E-state index contributed by atoms with van der Waals surface area (Å²) in [4.78, 5) is 39.4. The first-order chi connectivity index (χ1) is 13.1. The number of ketones is 2. The van der Waals surface area contributed by atoms with Crippen molar-refractivity contribution in [1.29, 1.82) is 0 Å². The molecule has 0 aromatic heterocycles. The number of amides is 1. The lowest BCUT2D eigenvalue weighted by Crippen LogP contribution is -2.39. The van der Waals surface area contributed by atoms with Crippen molar-refractivity contribution < 1.29 is 19.1 Å². The van der Waals surface area contributed by atoms with Crippen molar-refractivity contribution in [2.75, 3.05) is 17.5 Å². The van der Waals surface area contributed by atoms with Gasteiger partial charge in [0.1, 0.15) is 17.2 Å². The Bertz CT molecular complexity index is 555. The van der Waals surface area contributed by atoms with Crippen molar-refractivity contribution in [2.24, 2.45) is 17.8 Å². The Morgan fingerprint density at radius 1 is 1.29 bits per heavy atom. The van der Waals surface area contributed by atoms with Gasteiger partial charge < -0.3 is 9.64 Å². The van der Waals surface area contributed by atoms with Crippen LogP contribution in [0.1, 0.15) is 66.2 Å². The van der Waals surface area contributed by atoms with E-state index in [-0.39, 0.29) is 23.6 Å². The quantitative estimate of drug-likeness (QED) is 0.177. The third kappa shape index (κ3) is 8.62. The number of rotatable bonds is 10. The highest BCUT2D eigenvalue weighted by atomic mass is 127. The van der Waals surface area contributed by atoms with Gasteiger partial charge in [0, 0.05) is 30.4 Å². The molecule has 28 heavy (non-hydrogen) atoms. The molecule has 5 nitrogen and oxygen atoms in total. The van der Waals surface area contributed by atoms with Gasteiger partial charge in [0.2, 0.25) is 0 Å². The zero-order chi connectivity index (χ0) is 21.3. The maximum atomic E-state index is 12.8. The smallest absolute Gasteiger partial charge is 0.410 e. The first kappa shape index (κ1) is 25.1. The lowest BCUT2D eigenvalue weighted by Gasteiger charge is -2.32. The number of hydrogen-bond acceptors (Lipinski definition) is 4. The van der Waals surface area contributed by atoms with Crippen LogP contribution in [0.15, 0.2) is 12.7 Å². The van der Waals surface area contributed by atoms with E-state index in [9.17, 15) is 14.4 Å². The largest absolute Gasteiger partial charge is 0.444 e. The molecule has 6 heteroatoms. The molecule has 0 spiro atoms. The SMILES string of the molecule is C=CCC1CC(C)CC(=O)C1C(=O)CCCN(CCCI)C(=O)OC(C)(C)C. The van der Waals surface area contributed by atoms with E-state index in [2.05, 4.69) is 36.1 Å². The average molecular weight is 505 g/mol. The van der Waals surface area contributed by atoms with Gasteiger partial charge in [-0.1, -0.05) is 35.6 Å². The molecule has 0 radical (unpaired) electrons. The molecule has 1 aliphatic carbocycles. The van der Waals surface area contributed by atoms with E-state index < -0.39 is 11.5 Å².